The van der Waals surface area contributed by atoms with Crippen LogP contribution in [0.3, 0.4) is 0 Å². The monoisotopic (exact) mass is 209 g/mol. The topological polar surface area (TPSA) is 59.3 Å². The summed E-state index contributed by atoms with van der Waals surface area (Å²) < 4.78 is 5.17. The Hall–Kier alpha value is -1.42. The van der Waals surface area contributed by atoms with Crippen LogP contribution in [0.5, 0.6) is 5.75 Å². The van der Waals surface area contributed by atoms with Gasteiger partial charge in [0.25, 0.3) is 0 Å². The van der Waals surface area contributed by atoms with Crippen LogP contribution in [0.4, 0.5) is 11.4 Å². The molecule has 0 bridgehead atoms. The van der Waals surface area contributed by atoms with Gasteiger partial charge in [0.05, 0.1) is 12.8 Å². The van der Waals surface area contributed by atoms with Crippen molar-refractivity contribution >= 4 is 11.4 Å². The molecule has 15 heavy (non-hydrogen) atoms. The number of nitrogen functional groups attached to an aromatic ring is 1. The number of hydrogen-bond donors (Lipinski definition) is 3. The van der Waals surface area contributed by atoms with Crippen molar-refractivity contribution in [1.29, 1.82) is 0 Å². The number of hydrogen-bond acceptors (Lipinski definition) is 4. The molecule has 4 heteroatoms. The zero-order valence-electron chi connectivity index (χ0n) is 9.55. The Morgan fingerprint density at radius 3 is 2.67 bits per heavy atom. The fourth-order valence-electron chi connectivity index (χ4n) is 1.40. The normalized spacial score (nSPS) is 10.1. The van der Waals surface area contributed by atoms with E-state index >= 15 is 0 Å². The molecule has 1 aromatic carbocycles. The lowest BCUT2D eigenvalue weighted by molar-refractivity contribution is 0.417. The van der Waals surface area contributed by atoms with Gasteiger partial charge in [0, 0.05) is 24.8 Å². The molecule has 0 saturated carbocycles. The van der Waals surface area contributed by atoms with E-state index in [9.17, 15) is 0 Å². The van der Waals surface area contributed by atoms with E-state index in [0.29, 0.717) is 11.4 Å². The molecule has 0 aromatic heterocycles. The predicted molar refractivity (Wildman–Crippen MR) is 64.6 cm³/mol. The number of rotatable bonds is 5. The van der Waals surface area contributed by atoms with Crippen molar-refractivity contribution in [2.24, 2.45) is 0 Å². The molecule has 4 nitrogen and oxygen atoms in total. The highest BCUT2D eigenvalue weighted by Gasteiger charge is 2.04. The Morgan fingerprint density at radius 2 is 2.07 bits per heavy atom. The van der Waals surface area contributed by atoms with E-state index in [1.165, 1.54) is 0 Å². The summed E-state index contributed by atoms with van der Waals surface area (Å²) in [5.41, 5.74) is 8.66. The summed E-state index contributed by atoms with van der Waals surface area (Å²) in [6.07, 6.45) is 0. The predicted octanol–water partition coefficient (Wildman–Crippen LogP) is 1.22. The van der Waals surface area contributed by atoms with Gasteiger partial charge in [-0.3, -0.25) is 0 Å². The van der Waals surface area contributed by atoms with Gasteiger partial charge in [-0.15, -0.1) is 0 Å². The van der Waals surface area contributed by atoms with Crippen LogP contribution < -0.4 is 21.1 Å². The van der Waals surface area contributed by atoms with Crippen molar-refractivity contribution in [3.8, 4) is 5.75 Å². The van der Waals surface area contributed by atoms with Gasteiger partial charge in [-0.2, -0.15) is 0 Å². The number of methoxy groups -OCH3 is 1. The van der Waals surface area contributed by atoms with Crippen LogP contribution in [0.15, 0.2) is 12.1 Å². The second-order valence-electron chi connectivity index (χ2n) is 3.44. The number of ether oxygens (including phenoxy) is 1. The first-order valence-corrected chi connectivity index (χ1v) is 5.01. The maximum absolute atomic E-state index is 5.79. The second-order valence-corrected chi connectivity index (χ2v) is 3.44. The molecule has 0 aliphatic rings. The number of aryl methyl sites for hydroxylation is 1. The zero-order valence-corrected chi connectivity index (χ0v) is 9.55. The van der Waals surface area contributed by atoms with Crippen molar-refractivity contribution < 1.29 is 4.74 Å². The molecule has 0 aliphatic carbocycles. The lowest BCUT2D eigenvalue weighted by atomic mass is 10.1. The molecule has 84 valence electrons. The number of nitrogens with two attached hydrogens (primary N) is 1. The molecular weight excluding hydrogens is 190 g/mol. The Kier molecular flexibility index (Phi) is 4.24. The Bertz CT molecular complexity index is 326. The van der Waals surface area contributed by atoms with Gasteiger partial charge in [-0.25, -0.2) is 0 Å². The molecule has 0 heterocycles. The minimum Gasteiger partial charge on any atom is -0.495 e. The number of nitrogens with one attached hydrogen (secondary N) is 2. The van der Waals surface area contributed by atoms with E-state index in [4.69, 9.17) is 10.5 Å². The molecule has 0 unspecified atom stereocenters. The molecule has 0 saturated heterocycles. The van der Waals surface area contributed by atoms with Gasteiger partial charge in [-0.1, -0.05) is 0 Å². The number of anilines is 2. The van der Waals surface area contributed by atoms with Crippen LogP contribution in [0.1, 0.15) is 5.56 Å². The van der Waals surface area contributed by atoms with Gasteiger partial charge >= 0.3 is 0 Å². The van der Waals surface area contributed by atoms with E-state index in [2.05, 4.69) is 10.6 Å². The van der Waals surface area contributed by atoms with E-state index < -0.39 is 0 Å². The molecule has 0 spiro atoms. The summed E-state index contributed by atoms with van der Waals surface area (Å²) in [6, 6.07) is 3.85. The summed E-state index contributed by atoms with van der Waals surface area (Å²) >= 11 is 0. The Balaban J connectivity index is 2.78. The zero-order chi connectivity index (χ0) is 11.3. The highest BCUT2D eigenvalue weighted by molar-refractivity contribution is 5.65. The van der Waals surface area contributed by atoms with E-state index in [-0.39, 0.29) is 0 Å². The first-order chi connectivity index (χ1) is 7.19. The fraction of sp³-hybridized carbons (Fsp3) is 0.455. The largest absolute Gasteiger partial charge is 0.495 e. The molecule has 0 radical (unpaired) electrons. The van der Waals surface area contributed by atoms with Crippen molar-refractivity contribution in [2.75, 3.05) is 38.3 Å². The van der Waals surface area contributed by atoms with Crippen molar-refractivity contribution in [2.45, 2.75) is 6.92 Å². The Labute approximate surface area is 90.8 Å². The van der Waals surface area contributed by atoms with Crippen molar-refractivity contribution in [1.82, 2.24) is 5.32 Å². The molecule has 0 amide bonds. The maximum atomic E-state index is 5.79. The van der Waals surface area contributed by atoms with Crippen LogP contribution in [-0.4, -0.2) is 27.2 Å². The highest BCUT2D eigenvalue weighted by atomic mass is 16.5. The molecule has 0 aliphatic heterocycles. The van der Waals surface area contributed by atoms with Gasteiger partial charge < -0.3 is 21.1 Å². The third-order valence-electron chi connectivity index (χ3n) is 2.27. The number of benzene rings is 1. The SMILES string of the molecule is CNCCNc1cc(OC)c(N)cc1C. The van der Waals surface area contributed by atoms with Crippen molar-refractivity contribution in [3.05, 3.63) is 17.7 Å². The van der Waals surface area contributed by atoms with Gasteiger partial charge in [0.15, 0.2) is 0 Å². The van der Waals surface area contributed by atoms with Gasteiger partial charge in [-0.05, 0) is 25.6 Å². The molecule has 1 rings (SSSR count). The average Bonchev–Trinajstić information content (AvgIpc) is 2.21. The summed E-state index contributed by atoms with van der Waals surface area (Å²) in [4.78, 5) is 0. The summed E-state index contributed by atoms with van der Waals surface area (Å²) in [6.45, 7) is 3.83. The first-order valence-electron chi connectivity index (χ1n) is 5.01. The van der Waals surface area contributed by atoms with Crippen LogP contribution in [0.25, 0.3) is 0 Å². The Morgan fingerprint density at radius 1 is 1.33 bits per heavy atom. The smallest absolute Gasteiger partial charge is 0.143 e. The molecule has 0 fully saturated rings. The molecule has 4 N–H and O–H groups in total. The lowest BCUT2D eigenvalue weighted by Crippen LogP contribution is -2.18. The maximum Gasteiger partial charge on any atom is 0.143 e. The summed E-state index contributed by atoms with van der Waals surface area (Å²) in [5, 5.41) is 6.40. The minimum absolute atomic E-state index is 0.675. The van der Waals surface area contributed by atoms with E-state index in [1.54, 1.807) is 7.11 Å². The van der Waals surface area contributed by atoms with Gasteiger partial charge in [0.2, 0.25) is 0 Å². The van der Waals surface area contributed by atoms with Crippen molar-refractivity contribution in [3.63, 3.8) is 0 Å². The van der Waals surface area contributed by atoms with Crippen LogP contribution in [-0.2, 0) is 0 Å². The van der Waals surface area contributed by atoms with Gasteiger partial charge in [0.1, 0.15) is 5.75 Å². The fourth-order valence-corrected chi connectivity index (χ4v) is 1.40. The molecule has 0 atom stereocenters. The molecular formula is C11H19N3O. The lowest BCUT2D eigenvalue weighted by Gasteiger charge is -2.12. The third kappa shape index (κ3) is 3.02. The quantitative estimate of drug-likeness (QED) is 0.504. The van der Waals surface area contributed by atoms with Crippen LogP contribution in [0.2, 0.25) is 0 Å². The standard InChI is InChI=1S/C11H19N3O/c1-8-6-9(12)11(15-3)7-10(8)14-5-4-13-2/h6-7,13-14H,4-5,12H2,1-3H3. The summed E-state index contributed by atoms with van der Waals surface area (Å²) in [5.74, 6) is 0.715. The first kappa shape index (κ1) is 11.7. The average molecular weight is 209 g/mol. The highest BCUT2D eigenvalue weighted by Crippen LogP contribution is 2.28. The number of likely N-dealkylation sites (N-methyl/N-ethyl adjacent to an activating group) is 1. The second kappa shape index (κ2) is 5.46. The molecule has 1 aromatic rings. The third-order valence-corrected chi connectivity index (χ3v) is 2.27. The minimum atomic E-state index is 0.675. The van der Waals surface area contributed by atoms with Crippen LogP contribution >= 0.6 is 0 Å². The van der Waals surface area contributed by atoms with Crippen LogP contribution in [0, 0.1) is 6.92 Å². The van der Waals surface area contributed by atoms with E-state index in [0.717, 1.165) is 24.3 Å². The summed E-state index contributed by atoms with van der Waals surface area (Å²) in [7, 11) is 3.55. The van der Waals surface area contributed by atoms with E-state index in [1.807, 2.05) is 26.1 Å².